The Morgan fingerprint density at radius 1 is 1.14 bits per heavy atom. The number of aliphatic hydroxyl groups excluding tert-OH is 1. The number of aliphatic hydroxyl groups is 1. The highest BCUT2D eigenvalue weighted by atomic mass is 16.3. The minimum Gasteiger partial charge on any atom is -0.393 e. The molecule has 0 aromatic carbocycles. The van der Waals surface area contributed by atoms with Crippen LogP contribution in [0.5, 0.6) is 0 Å². The Morgan fingerprint density at radius 3 is 2.21 bits per heavy atom. The fourth-order valence-electron chi connectivity index (χ4n) is 2.42. The monoisotopic (exact) mass is 199 g/mol. The third-order valence-electron chi connectivity index (χ3n) is 3.04. The second-order valence-electron chi connectivity index (χ2n) is 5.20. The largest absolute Gasteiger partial charge is 0.393 e. The summed E-state index contributed by atoms with van der Waals surface area (Å²) in [5.74, 6) is 0.770. The van der Waals surface area contributed by atoms with E-state index in [1.54, 1.807) is 0 Å². The van der Waals surface area contributed by atoms with E-state index >= 15 is 0 Å². The second-order valence-corrected chi connectivity index (χ2v) is 5.20. The van der Waals surface area contributed by atoms with E-state index in [1.165, 1.54) is 6.42 Å². The summed E-state index contributed by atoms with van der Waals surface area (Å²) in [5.41, 5.74) is 0. The fraction of sp³-hybridized carbons (Fsp3) is 1.00. The molecule has 2 N–H and O–H groups in total. The van der Waals surface area contributed by atoms with Crippen LogP contribution in [-0.4, -0.2) is 23.3 Å². The molecule has 0 aromatic heterocycles. The summed E-state index contributed by atoms with van der Waals surface area (Å²) < 4.78 is 0. The van der Waals surface area contributed by atoms with Crippen LogP contribution >= 0.6 is 0 Å². The molecule has 1 fully saturated rings. The van der Waals surface area contributed by atoms with E-state index in [4.69, 9.17) is 0 Å². The average molecular weight is 199 g/mol. The number of hydrogen-bond acceptors (Lipinski definition) is 2. The van der Waals surface area contributed by atoms with E-state index in [2.05, 4.69) is 26.1 Å². The predicted octanol–water partition coefficient (Wildman–Crippen LogP) is 2.31. The van der Waals surface area contributed by atoms with Crippen LogP contribution in [0, 0.1) is 5.92 Å². The molecule has 1 rings (SSSR count). The van der Waals surface area contributed by atoms with E-state index in [0.29, 0.717) is 12.1 Å². The predicted molar refractivity (Wildman–Crippen MR) is 60.3 cm³/mol. The minimum atomic E-state index is -0.0338. The van der Waals surface area contributed by atoms with Crippen molar-refractivity contribution in [3.8, 4) is 0 Å². The van der Waals surface area contributed by atoms with Gasteiger partial charge in [0.05, 0.1) is 6.10 Å². The molecule has 2 heteroatoms. The second kappa shape index (κ2) is 5.72. The molecule has 0 heterocycles. The average Bonchev–Trinajstić information content (AvgIpc) is 2.07. The van der Waals surface area contributed by atoms with Crippen molar-refractivity contribution in [2.45, 2.75) is 71.1 Å². The van der Waals surface area contributed by atoms with Gasteiger partial charge in [0.1, 0.15) is 0 Å². The van der Waals surface area contributed by atoms with Crippen LogP contribution in [0.2, 0.25) is 0 Å². The summed E-state index contributed by atoms with van der Waals surface area (Å²) in [6.07, 6.45) is 5.46. The summed E-state index contributed by atoms with van der Waals surface area (Å²) in [6.45, 7) is 6.80. The Hall–Kier alpha value is -0.0800. The Labute approximate surface area is 88.1 Å². The molecule has 0 amide bonds. The van der Waals surface area contributed by atoms with Gasteiger partial charge in [0.2, 0.25) is 0 Å². The normalized spacial score (nSPS) is 30.6. The molecule has 2 nitrogen and oxygen atoms in total. The third-order valence-corrected chi connectivity index (χ3v) is 3.04. The Balaban J connectivity index is 2.17. The maximum atomic E-state index is 9.38. The van der Waals surface area contributed by atoms with Gasteiger partial charge >= 0.3 is 0 Å². The van der Waals surface area contributed by atoms with Gasteiger partial charge < -0.3 is 10.4 Å². The van der Waals surface area contributed by atoms with Crippen molar-refractivity contribution >= 4 is 0 Å². The maximum Gasteiger partial charge on any atom is 0.0541 e. The van der Waals surface area contributed by atoms with Gasteiger partial charge in [0, 0.05) is 12.1 Å². The first-order valence-corrected chi connectivity index (χ1v) is 6.02. The van der Waals surface area contributed by atoms with Crippen LogP contribution in [0.25, 0.3) is 0 Å². The SMILES string of the molecule is CC(C)C[C@H](C)NC1CCC(O)CC1. The van der Waals surface area contributed by atoms with Gasteiger partial charge in [0.25, 0.3) is 0 Å². The molecule has 0 saturated heterocycles. The Kier molecular flexibility index (Phi) is 4.90. The zero-order valence-electron chi connectivity index (χ0n) is 9.79. The minimum absolute atomic E-state index is 0.0338. The van der Waals surface area contributed by atoms with Crippen LogP contribution < -0.4 is 5.32 Å². The van der Waals surface area contributed by atoms with Crippen LogP contribution in [0.3, 0.4) is 0 Å². The van der Waals surface area contributed by atoms with Gasteiger partial charge in [-0.25, -0.2) is 0 Å². The molecule has 14 heavy (non-hydrogen) atoms. The van der Waals surface area contributed by atoms with Gasteiger partial charge in [-0.1, -0.05) is 13.8 Å². The number of rotatable bonds is 4. The van der Waals surface area contributed by atoms with Crippen molar-refractivity contribution in [3.63, 3.8) is 0 Å². The van der Waals surface area contributed by atoms with E-state index < -0.39 is 0 Å². The van der Waals surface area contributed by atoms with Crippen molar-refractivity contribution in [3.05, 3.63) is 0 Å². The molecule has 0 aliphatic heterocycles. The fourth-order valence-corrected chi connectivity index (χ4v) is 2.42. The molecule has 0 radical (unpaired) electrons. The molecule has 1 aliphatic carbocycles. The summed E-state index contributed by atoms with van der Waals surface area (Å²) in [5, 5.41) is 13.0. The van der Waals surface area contributed by atoms with Crippen molar-refractivity contribution in [1.82, 2.24) is 5.32 Å². The quantitative estimate of drug-likeness (QED) is 0.728. The number of nitrogens with one attached hydrogen (secondary N) is 1. The number of hydrogen-bond donors (Lipinski definition) is 2. The van der Waals surface area contributed by atoms with E-state index in [9.17, 15) is 5.11 Å². The van der Waals surface area contributed by atoms with E-state index in [0.717, 1.165) is 31.6 Å². The molecule has 0 spiro atoms. The van der Waals surface area contributed by atoms with Crippen LogP contribution in [-0.2, 0) is 0 Å². The van der Waals surface area contributed by atoms with E-state index in [1.807, 2.05) is 0 Å². The van der Waals surface area contributed by atoms with Gasteiger partial charge in [-0.2, -0.15) is 0 Å². The van der Waals surface area contributed by atoms with Crippen molar-refractivity contribution in [1.29, 1.82) is 0 Å². The third kappa shape index (κ3) is 4.43. The topological polar surface area (TPSA) is 32.3 Å². The van der Waals surface area contributed by atoms with Crippen molar-refractivity contribution in [2.24, 2.45) is 5.92 Å². The smallest absolute Gasteiger partial charge is 0.0541 e. The molecule has 84 valence electrons. The summed E-state index contributed by atoms with van der Waals surface area (Å²) in [6, 6.07) is 1.27. The molecule has 1 aliphatic rings. The summed E-state index contributed by atoms with van der Waals surface area (Å²) in [7, 11) is 0. The lowest BCUT2D eigenvalue weighted by molar-refractivity contribution is 0.114. The first kappa shape index (κ1) is 12.0. The Bertz CT molecular complexity index is 150. The van der Waals surface area contributed by atoms with Crippen LogP contribution in [0.1, 0.15) is 52.9 Å². The van der Waals surface area contributed by atoms with Crippen molar-refractivity contribution in [2.75, 3.05) is 0 Å². The van der Waals surface area contributed by atoms with Gasteiger partial charge in [-0.3, -0.25) is 0 Å². The lowest BCUT2D eigenvalue weighted by Crippen LogP contribution is -2.40. The lowest BCUT2D eigenvalue weighted by atomic mass is 9.92. The van der Waals surface area contributed by atoms with Crippen molar-refractivity contribution < 1.29 is 5.11 Å². The standard InChI is InChI=1S/C12H25NO/c1-9(2)8-10(3)13-11-4-6-12(14)7-5-11/h9-14H,4-8H2,1-3H3/t10-,11?,12?/m0/s1. The highest BCUT2D eigenvalue weighted by Gasteiger charge is 2.20. The van der Waals surface area contributed by atoms with Gasteiger partial charge in [-0.15, -0.1) is 0 Å². The molecule has 0 bridgehead atoms. The molecule has 0 aromatic rings. The molecule has 1 atom stereocenters. The first-order valence-electron chi connectivity index (χ1n) is 6.02. The zero-order chi connectivity index (χ0) is 10.6. The van der Waals surface area contributed by atoms with Gasteiger partial charge in [0.15, 0.2) is 0 Å². The highest BCUT2D eigenvalue weighted by Crippen LogP contribution is 2.19. The van der Waals surface area contributed by atoms with Gasteiger partial charge in [-0.05, 0) is 44.9 Å². The Morgan fingerprint density at radius 2 is 1.71 bits per heavy atom. The molecular weight excluding hydrogens is 174 g/mol. The molecule has 1 saturated carbocycles. The summed E-state index contributed by atoms with van der Waals surface area (Å²) in [4.78, 5) is 0. The van der Waals surface area contributed by atoms with Crippen LogP contribution in [0.15, 0.2) is 0 Å². The van der Waals surface area contributed by atoms with Crippen LogP contribution in [0.4, 0.5) is 0 Å². The highest BCUT2D eigenvalue weighted by molar-refractivity contribution is 4.79. The summed E-state index contributed by atoms with van der Waals surface area (Å²) >= 11 is 0. The van der Waals surface area contributed by atoms with E-state index in [-0.39, 0.29) is 6.10 Å². The zero-order valence-corrected chi connectivity index (χ0v) is 9.79. The maximum absolute atomic E-state index is 9.38. The lowest BCUT2D eigenvalue weighted by Gasteiger charge is -2.29. The molecular formula is C12H25NO. The molecule has 0 unspecified atom stereocenters. The first-order chi connectivity index (χ1) is 6.58.